The number of aromatic amines is 1. The lowest BCUT2D eigenvalue weighted by atomic mass is 10.1. The summed E-state index contributed by atoms with van der Waals surface area (Å²) in [7, 11) is -3.05. The Kier molecular flexibility index (Phi) is 7.30. The van der Waals surface area contributed by atoms with Gasteiger partial charge in [0.1, 0.15) is 12.2 Å². The third-order valence-corrected chi connectivity index (χ3v) is 4.90. The van der Waals surface area contributed by atoms with Crippen molar-refractivity contribution in [2.24, 2.45) is 0 Å². The summed E-state index contributed by atoms with van der Waals surface area (Å²) in [6.07, 6.45) is -1.46. The Morgan fingerprint density at radius 1 is 1.35 bits per heavy atom. The molecule has 2 rings (SSSR count). The van der Waals surface area contributed by atoms with E-state index in [-0.39, 0.29) is 13.2 Å². The molecule has 11 nitrogen and oxygen atoms in total. The number of H-pyrrole nitrogens is 1. The number of phosphoric ester groups is 1. The average Bonchev–Trinajstić information content (AvgIpc) is 2.87. The van der Waals surface area contributed by atoms with Gasteiger partial charge < -0.3 is 19.5 Å². The van der Waals surface area contributed by atoms with Gasteiger partial charge in [0.15, 0.2) is 6.23 Å². The molecule has 1 aliphatic rings. The topological polar surface area (TPSA) is 149 Å². The second kappa shape index (κ2) is 9.05. The van der Waals surface area contributed by atoms with Crippen LogP contribution in [-0.2, 0) is 23.1 Å². The summed E-state index contributed by atoms with van der Waals surface area (Å²) in [5.41, 5.74) is -1.26. The van der Waals surface area contributed by atoms with Crippen LogP contribution in [0.2, 0.25) is 0 Å². The van der Waals surface area contributed by atoms with Crippen LogP contribution in [0.1, 0.15) is 26.0 Å². The molecular weight excluding hydrogens is 371 g/mol. The second-order valence-corrected chi connectivity index (χ2v) is 7.16. The number of hydrogen-bond donors (Lipinski definition) is 3. The van der Waals surface area contributed by atoms with Crippen LogP contribution >= 0.6 is 7.82 Å². The van der Waals surface area contributed by atoms with Crippen LogP contribution in [0.3, 0.4) is 0 Å². The highest BCUT2D eigenvalue weighted by atomic mass is 31.2. The van der Waals surface area contributed by atoms with Crippen molar-refractivity contribution < 1.29 is 33.1 Å². The van der Waals surface area contributed by atoms with Crippen LogP contribution in [0.5, 0.6) is 0 Å². The molecule has 1 aromatic rings. The molecule has 2 heterocycles. The fourth-order valence-electron chi connectivity index (χ4n) is 2.63. The minimum Gasteiger partial charge on any atom is -0.396 e. The van der Waals surface area contributed by atoms with Gasteiger partial charge in [-0.2, -0.15) is 0 Å². The second-order valence-electron chi connectivity index (χ2n) is 5.75. The summed E-state index contributed by atoms with van der Waals surface area (Å²) in [6, 6.07) is 1.15. The molecule has 0 radical (unpaired) electrons. The summed E-state index contributed by atoms with van der Waals surface area (Å²) < 4.78 is 34.2. The Bertz CT molecular complexity index is 748. The Morgan fingerprint density at radius 2 is 2.08 bits per heavy atom. The van der Waals surface area contributed by atoms with E-state index < -0.39 is 43.6 Å². The van der Waals surface area contributed by atoms with E-state index in [9.17, 15) is 19.0 Å². The predicted octanol–water partition coefficient (Wildman–Crippen LogP) is -0.256. The minimum atomic E-state index is -4.39. The maximum absolute atomic E-state index is 12.1. The molecule has 1 aliphatic heterocycles. The molecular formula is C14H23N2O9P. The van der Waals surface area contributed by atoms with Crippen LogP contribution in [0.4, 0.5) is 0 Å². The number of nitrogens with one attached hydrogen (secondary N) is 1. The van der Waals surface area contributed by atoms with Gasteiger partial charge in [-0.25, -0.2) is 9.36 Å². The van der Waals surface area contributed by atoms with E-state index >= 15 is 0 Å². The molecule has 0 bridgehead atoms. The van der Waals surface area contributed by atoms with Crippen molar-refractivity contribution in [1.82, 2.24) is 9.55 Å². The first kappa shape index (κ1) is 21.0. The van der Waals surface area contributed by atoms with Gasteiger partial charge in [0, 0.05) is 26.0 Å². The molecule has 0 amide bonds. The zero-order valence-corrected chi connectivity index (χ0v) is 15.3. The van der Waals surface area contributed by atoms with E-state index in [0.29, 0.717) is 12.8 Å². The molecule has 12 heteroatoms. The molecule has 1 saturated heterocycles. The highest BCUT2D eigenvalue weighted by Gasteiger charge is 2.48. The average molecular weight is 394 g/mol. The lowest BCUT2D eigenvalue weighted by Gasteiger charge is -2.24. The van der Waals surface area contributed by atoms with E-state index in [1.165, 1.54) is 13.3 Å². The number of aliphatic hydroxyl groups is 1. The van der Waals surface area contributed by atoms with Gasteiger partial charge in [-0.1, -0.05) is 0 Å². The van der Waals surface area contributed by atoms with Crippen LogP contribution in [-0.4, -0.2) is 58.2 Å². The van der Waals surface area contributed by atoms with Gasteiger partial charge >= 0.3 is 13.5 Å². The summed E-state index contributed by atoms with van der Waals surface area (Å²) in [5.74, 6) is 0. The largest absolute Gasteiger partial charge is 0.472 e. The van der Waals surface area contributed by atoms with Gasteiger partial charge in [-0.3, -0.25) is 23.4 Å². The first-order valence-corrected chi connectivity index (χ1v) is 9.55. The van der Waals surface area contributed by atoms with Crippen LogP contribution in [0, 0.1) is 0 Å². The molecule has 1 aromatic heterocycles. The Balaban J connectivity index is 2.13. The van der Waals surface area contributed by atoms with Gasteiger partial charge in [0.2, 0.25) is 0 Å². The van der Waals surface area contributed by atoms with E-state index in [1.807, 2.05) is 0 Å². The van der Waals surface area contributed by atoms with E-state index in [1.54, 1.807) is 6.92 Å². The molecule has 0 aliphatic carbocycles. The molecule has 3 N–H and O–H groups in total. The van der Waals surface area contributed by atoms with Crippen molar-refractivity contribution in [3.63, 3.8) is 0 Å². The number of unbranched alkanes of at least 4 members (excludes halogenated alkanes) is 1. The normalized spacial score (nSPS) is 28.2. The highest BCUT2D eigenvalue weighted by Crippen LogP contribution is 2.48. The minimum absolute atomic E-state index is 0.0468. The maximum atomic E-state index is 12.1. The predicted molar refractivity (Wildman–Crippen MR) is 88.7 cm³/mol. The summed E-state index contributed by atoms with van der Waals surface area (Å²) in [4.78, 5) is 35.2. The van der Waals surface area contributed by atoms with Crippen molar-refractivity contribution >= 4 is 7.82 Å². The SMILES string of the molecule is CO[C@@H]1[C@H](OP(=O)(O)OCCCCO)[C@@H](C)O[C@H]1n1ccc(=O)[nH]c1=O. The quantitative estimate of drug-likeness (QED) is 0.380. The molecule has 0 spiro atoms. The zero-order valence-electron chi connectivity index (χ0n) is 14.4. The number of ether oxygens (including phenoxy) is 2. The van der Waals surface area contributed by atoms with E-state index in [0.717, 1.165) is 10.6 Å². The number of nitrogens with zero attached hydrogens (tertiary/aromatic N) is 1. The third kappa shape index (κ3) is 5.10. The Morgan fingerprint density at radius 3 is 2.69 bits per heavy atom. The van der Waals surface area contributed by atoms with Crippen molar-refractivity contribution in [3.05, 3.63) is 33.1 Å². The number of aromatic nitrogens is 2. The van der Waals surface area contributed by atoms with Crippen molar-refractivity contribution in [3.8, 4) is 0 Å². The molecule has 26 heavy (non-hydrogen) atoms. The Hall–Kier alpha value is -1.33. The van der Waals surface area contributed by atoms with Gasteiger partial charge in [-0.05, 0) is 19.8 Å². The maximum Gasteiger partial charge on any atom is 0.472 e. The first-order chi connectivity index (χ1) is 12.3. The number of hydrogen-bond acceptors (Lipinski definition) is 8. The lowest BCUT2D eigenvalue weighted by molar-refractivity contribution is -0.0517. The molecule has 148 valence electrons. The van der Waals surface area contributed by atoms with Crippen molar-refractivity contribution in [2.45, 2.75) is 44.3 Å². The zero-order chi connectivity index (χ0) is 19.3. The summed E-state index contributed by atoms with van der Waals surface area (Å²) in [5, 5.41) is 8.70. The molecule has 1 unspecified atom stereocenters. The third-order valence-electron chi connectivity index (χ3n) is 3.88. The summed E-state index contributed by atoms with van der Waals surface area (Å²) in [6.45, 7) is 1.49. The molecule has 1 fully saturated rings. The van der Waals surface area contributed by atoms with Gasteiger partial charge in [0.05, 0.1) is 12.7 Å². The molecule has 0 saturated carbocycles. The van der Waals surface area contributed by atoms with E-state index in [2.05, 4.69) is 4.98 Å². The monoisotopic (exact) mass is 394 g/mol. The van der Waals surface area contributed by atoms with Crippen LogP contribution < -0.4 is 11.2 Å². The van der Waals surface area contributed by atoms with E-state index in [4.69, 9.17) is 23.6 Å². The lowest BCUT2D eigenvalue weighted by Crippen LogP contribution is -2.39. The fourth-order valence-corrected chi connectivity index (χ4v) is 3.65. The van der Waals surface area contributed by atoms with Crippen molar-refractivity contribution in [2.75, 3.05) is 20.3 Å². The fraction of sp³-hybridized carbons (Fsp3) is 0.714. The Labute approximate surface area is 149 Å². The number of phosphoric acid groups is 1. The molecule has 0 aromatic carbocycles. The van der Waals surface area contributed by atoms with Crippen LogP contribution in [0.15, 0.2) is 21.9 Å². The number of aliphatic hydroxyl groups excluding tert-OH is 1. The smallest absolute Gasteiger partial charge is 0.396 e. The van der Waals surface area contributed by atoms with Crippen molar-refractivity contribution in [1.29, 1.82) is 0 Å². The highest BCUT2D eigenvalue weighted by molar-refractivity contribution is 7.47. The number of rotatable bonds is 9. The first-order valence-electron chi connectivity index (χ1n) is 8.05. The van der Waals surface area contributed by atoms with Gasteiger partial charge in [-0.15, -0.1) is 0 Å². The number of methoxy groups -OCH3 is 1. The van der Waals surface area contributed by atoms with Crippen LogP contribution in [0.25, 0.3) is 0 Å². The summed E-state index contributed by atoms with van der Waals surface area (Å²) >= 11 is 0. The molecule has 5 atom stereocenters. The standard InChI is InChI=1S/C14H23N2O9P/c1-9-11(25-26(20,21)23-8-4-3-7-17)12(22-2)13(24-9)16-6-5-10(18)15-14(16)19/h5-6,9,11-13,17H,3-4,7-8H2,1-2H3,(H,20,21)(H,15,18,19)/t9-,11-,12-,13-/m1/s1. The van der Waals surface area contributed by atoms with Gasteiger partial charge in [0.25, 0.3) is 5.56 Å².